The van der Waals surface area contributed by atoms with Gasteiger partial charge in [0.2, 0.25) is 0 Å². The molecule has 5 heteroatoms. The average molecular weight is 288 g/mol. The molecule has 0 radical (unpaired) electrons. The van der Waals surface area contributed by atoms with Crippen LogP contribution in [0.4, 0.5) is 13.2 Å². The van der Waals surface area contributed by atoms with E-state index in [1.807, 2.05) is 7.05 Å². The number of hydrogen-bond acceptors (Lipinski definition) is 2. The van der Waals surface area contributed by atoms with Gasteiger partial charge in [-0.25, -0.2) is 0 Å². The van der Waals surface area contributed by atoms with Crippen LogP contribution in [0.2, 0.25) is 0 Å². The van der Waals surface area contributed by atoms with Crippen molar-refractivity contribution in [2.24, 2.45) is 11.7 Å². The summed E-state index contributed by atoms with van der Waals surface area (Å²) in [5.74, 6) is 0.466. The lowest BCUT2D eigenvalue weighted by atomic mass is 10.0. The van der Waals surface area contributed by atoms with E-state index < -0.39 is 17.8 Å². The second-order valence-electron chi connectivity index (χ2n) is 5.65. The molecule has 1 aromatic carbocycles. The molecule has 2 atom stereocenters. The number of nitrogens with zero attached hydrogens (tertiary/aromatic N) is 1. The van der Waals surface area contributed by atoms with Crippen LogP contribution >= 0.6 is 0 Å². The lowest BCUT2D eigenvalue weighted by molar-refractivity contribution is -0.137. The first kappa shape index (κ1) is 17.0. The zero-order valence-corrected chi connectivity index (χ0v) is 12.4. The first-order valence-electron chi connectivity index (χ1n) is 6.76. The Morgan fingerprint density at radius 2 is 1.80 bits per heavy atom. The highest BCUT2D eigenvalue weighted by molar-refractivity contribution is 5.28. The van der Waals surface area contributed by atoms with Gasteiger partial charge in [-0.2, -0.15) is 13.2 Å². The minimum absolute atomic E-state index is 0.326. The molecular weight excluding hydrogens is 265 g/mol. The second kappa shape index (κ2) is 6.59. The fraction of sp³-hybridized carbons (Fsp3) is 0.600. The Balaban J connectivity index is 2.80. The molecule has 0 bridgehead atoms. The van der Waals surface area contributed by atoms with Crippen LogP contribution < -0.4 is 5.73 Å². The minimum atomic E-state index is -4.33. The predicted octanol–water partition coefficient (Wildman–Crippen LogP) is 3.68. The van der Waals surface area contributed by atoms with E-state index in [9.17, 15) is 13.2 Å². The van der Waals surface area contributed by atoms with Crippen molar-refractivity contribution in [2.75, 3.05) is 13.6 Å². The van der Waals surface area contributed by atoms with E-state index in [2.05, 4.69) is 25.7 Å². The van der Waals surface area contributed by atoms with Crippen LogP contribution in [0.1, 0.15) is 37.9 Å². The molecule has 114 valence electrons. The second-order valence-corrected chi connectivity index (χ2v) is 5.65. The predicted molar refractivity (Wildman–Crippen MR) is 75.3 cm³/mol. The van der Waals surface area contributed by atoms with Crippen molar-refractivity contribution >= 4 is 0 Å². The Morgan fingerprint density at radius 1 is 1.20 bits per heavy atom. The summed E-state index contributed by atoms with van der Waals surface area (Å²) in [4.78, 5) is 2.08. The molecule has 2 nitrogen and oxygen atoms in total. The summed E-state index contributed by atoms with van der Waals surface area (Å²) in [6, 6.07) is 5.16. The fourth-order valence-electron chi connectivity index (χ4n) is 2.04. The van der Waals surface area contributed by atoms with Gasteiger partial charge in [0.1, 0.15) is 0 Å². The maximum absolute atomic E-state index is 12.7. The van der Waals surface area contributed by atoms with Gasteiger partial charge in [0, 0.05) is 18.6 Å². The summed E-state index contributed by atoms with van der Waals surface area (Å²) in [5.41, 5.74) is 5.91. The third-order valence-corrected chi connectivity index (χ3v) is 3.79. The number of alkyl halides is 3. The van der Waals surface area contributed by atoms with Crippen LogP contribution in [0.15, 0.2) is 24.3 Å². The molecule has 0 saturated carbocycles. The van der Waals surface area contributed by atoms with Gasteiger partial charge in [-0.15, -0.1) is 0 Å². The molecule has 0 spiro atoms. The molecule has 1 aromatic rings. The van der Waals surface area contributed by atoms with Crippen molar-refractivity contribution in [1.29, 1.82) is 0 Å². The molecular formula is C15H23F3N2. The molecule has 0 aromatic heterocycles. The van der Waals surface area contributed by atoms with Gasteiger partial charge in [-0.3, -0.25) is 0 Å². The topological polar surface area (TPSA) is 29.3 Å². The summed E-state index contributed by atoms with van der Waals surface area (Å²) >= 11 is 0. The summed E-state index contributed by atoms with van der Waals surface area (Å²) in [6.07, 6.45) is -4.33. The third kappa shape index (κ3) is 4.49. The summed E-state index contributed by atoms with van der Waals surface area (Å²) < 4.78 is 38.0. The van der Waals surface area contributed by atoms with Crippen molar-refractivity contribution < 1.29 is 13.2 Å². The highest BCUT2D eigenvalue weighted by atomic mass is 19.4. The number of rotatable bonds is 5. The van der Waals surface area contributed by atoms with Crippen molar-refractivity contribution in [3.63, 3.8) is 0 Å². The minimum Gasteiger partial charge on any atom is -0.323 e. The zero-order chi connectivity index (χ0) is 15.5. The standard InChI is InChI=1S/C15H23F3N2/c1-10(2)11(3)20(4)9-14(19)12-6-5-7-13(8-12)15(16,17)18/h5-8,10-11,14H,9,19H2,1-4H3. The Labute approximate surface area is 118 Å². The van der Waals surface area contributed by atoms with Crippen LogP contribution in [-0.4, -0.2) is 24.5 Å². The van der Waals surface area contributed by atoms with Crippen LogP contribution in [0, 0.1) is 5.92 Å². The van der Waals surface area contributed by atoms with E-state index in [4.69, 9.17) is 5.73 Å². The molecule has 2 unspecified atom stereocenters. The average Bonchev–Trinajstić information content (AvgIpc) is 2.36. The molecule has 0 aliphatic rings. The largest absolute Gasteiger partial charge is 0.416 e. The summed E-state index contributed by atoms with van der Waals surface area (Å²) in [6.45, 7) is 6.83. The van der Waals surface area contributed by atoms with Crippen LogP contribution in [-0.2, 0) is 6.18 Å². The first-order valence-corrected chi connectivity index (χ1v) is 6.76. The van der Waals surface area contributed by atoms with Gasteiger partial charge in [-0.1, -0.05) is 26.0 Å². The summed E-state index contributed by atoms with van der Waals surface area (Å²) in [7, 11) is 1.94. The quantitative estimate of drug-likeness (QED) is 0.895. The van der Waals surface area contributed by atoms with Gasteiger partial charge in [0.25, 0.3) is 0 Å². The molecule has 20 heavy (non-hydrogen) atoms. The first-order chi connectivity index (χ1) is 9.12. The smallest absolute Gasteiger partial charge is 0.323 e. The highest BCUT2D eigenvalue weighted by Gasteiger charge is 2.30. The maximum atomic E-state index is 12.7. The Bertz CT molecular complexity index is 429. The third-order valence-electron chi connectivity index (χ3n) is 3.79. The number of nitrogens with two attached hydrogens (primary N) is 1. The molecule has 2 N–H and O–H groups in total. The van der Waals surface area contributed by atoms with E-state index in [-0.39, 0.29) is 0 Å². The Kier molecular flexibility index (Phi) is 5.59. The van der Waals surface area contributed by atoms with Crippen molar-refractivity contribution in [2.45, 2.75) is 39.0 Å². The monoisotopic (exact) mass is 288 g/mol. The zero-order valence-electron chi connectivity index (χ0n) is 12.4. The van der Waals surface area contributed by atoms with Gasteiger partial charge >= 0.3 is 6.18 Å². The van der Waals surface area contributed by atoms with Gasteiger partial charge in [0.15, 0.2) is 0 Å². The molecule has 1 rings (SSSR count). The number of halogens is 3. The molecule has 0 saturated heterocycles. The van der Waals surface area contributed by atoms with E-state index in [0.717, 1.165) is 12.1 Å². The molecule has 0 fully saturated rings. The normalized spacial score (nSPS) is 15.7. The maximum Gasteiger partial charge on any atom is 0.416 e. The van der Waals surface area contributed by atoms with Crippen molar-refractivity contribution in [3.8, 4) is 0 Å². The fourth-order valence-corrected chi connectivity index (χ4v) is 2.04. The lowest BCUT2D eigenvalue weighted by Crippen LogP contribution is -2.38. The van der Waals surface area contributed by atoms with Gasteiger partial charge < -0.3 is 10.6 Å². The van der Waals surface area contributed by atoms with Crippen LogP contribution in [0.25, 0.3) is 0 Å². The Hall–Kier alpha value is -1.07. The van der Waals surface area contributed by atoms with Crippen LogP contribution in [0.5, 0.6) is 0 Å². The molecule has 0 heterocycles. The van der Waals surface area contributed by atoms with Gasteiger partial charge in [0.05, 0.1) is 5.56 Å². The SMILES string of the molecule is CC(C)C(C)N(C)CC(N)c1cccc(C(F)(F)F)c1. The number of hydrogen-bond donors (Lipinski definition) is 1. The van der Waals surface area contributed by atoms with E-state index in [1.165, 1.54) is 6.07 Å². The van der Waals surface area contributed by atoms with E-state index >= 15 is 0 Å². The van der Waals surface area contributed by atoms with E-state index in [1.54, 1.807) is 6.07 Å². The van der Waals surface area contributed by atoms with Crippen molar-refractivity contribution in [3.05, 3.63) is 35.4 Å². The lowest BCUT2D eigenvalue weighted by Gasteiger charge is -2.30. The van der Waals surface area contributed by atoms with Gasteiger partial charge in [-0.05, 0) is 37.6 Å². The molecule has 0 amide bonds. The molecule has 0 aliphatic heterocycles. The molecule has 0 aliphatic carbocycles. The van der Waals surface area contributed by atoms with Crippen molar-refractivity contribution in [1.82, 2.24) is 4.90 Å². The number of benzene rings is 1. The highest BCUT2D eigenvalue weighted by Crippen LogP contribution is 2.30. The van der Waals surface area contributed by atoms with Crippen LogP contribution in [0.3, 0.4) is 0 Å². The van der Waals surface area contributed by atoms with E-state index in [0.29, 0.717) is 24.1 Å². The number of likely N-dealkylation sites (N-methyl/N-ethyl adjacent to an activating group) is 1. The Morgan fingerprint density at radius 3 is 2.30 bits per heavy atom. The summed E-state index contributed by atoms with van der Waals surface area (Å²) in [5, 5.41) is 0.